The molecule has 1 N–H and O–H groups in total. The van der Waals surface area contributed by atoms with Crippen molar-refractivity contribution in [3.8, 4) is 11.4 Å². The molecule has 0 radical (unpaired) electrons. The summed E-state index contributed by atoms with van der Waals surface area (Å²) in [6.45, 7) is 5.83. The normalized spacial score (nSPS) is 12.1. The van der Waals surface area contributed by atoms with E-state index in [0.29, 0.717) is 11.6 Å². The number of hydrogen-bond donors (Lipinski definition) is 1. The van der Waals surface area contributed by atoms with Crippen LogP contribution in [0.15, 0.2) is 47.1 Å². The molecule has 124 valence electrons. The van der Waals surface area contributed by atoms with Gasteiger partial charge >= 0.3 is 0 Å². The molecule has 3 aromatic rings. The monoisotopic (exact) mass is 324 g/mol. The largest absolute Gasteiger partial charge is 0.467 e. The molecular weight excluding hydrogens is 304 g/mol. The maximum Gasteiger partial charge on any atom is 0.242 e. The van der Waals surface area contributed by atoms with Crippen LogP contribution in [0.2, 0.25) is 0 Å². The van der Waals surface area contributed by atoms with Gasteiger partial charge in [0.2, 0.25) is 5.91 Å². The quantitative estimate of drug-likeness (QED) is 0.783. The van der Waals surface area contributed by atoms with Gasteiger partial charge in [-0.15, -0.1) is 0 Å². The first-order valence-corrected chi connectivity index (χ1v) is 7.84. The number of furan rings is 1. The molecule has 2 aromatic heterocycles. The predicted octanol–water partition coefficient (Wildman–Crippen LogP) is 3.03. The molecule has 0 spiro atoms. The Hall–Kier alpha value is -2.89. The molecule has 6 heteroatoms. The lowest BCUT2D eigenvalue weighted by Gasteiger charge is -2.12. The van der Waals surface area contributed by atoms with Gasteiger partial charge in [0.1, 0.15) is 18.1 Å². The molecule has 0 aliphatic rings. The van der Waals surface area contributed by atoms with Crippen molar-refractivity contribution in [3.05, 3.63) is 59.8 Å². The average Bonchev–Trinajstić information content (AvgIpc) is 3.17. The first-order chi connectivity index (χ1) is 11.5. The molecule has 6 nitrogen and oxygen atoms in total. The van der Waals surface area contributed by atoms with Crippen molar-refractivity contribution in [1.29, 1.82) is 0 Å². The minimum absolute atomic E-state index is 0.106. The first-order valence-electron chi connectivity index (χ1n) is 7.84. The summed E-state index contributed by atoms with van der Waals surface area (Å²) in [5, 5.41) is 7.26. The minimum atomic E-state index is -0.195. The molecule has 0 aliphatic heterocycles. The highest BCUT2D eigenvalue weighted by molar-refractivity contribution is 5.76. The summed E-state index contributed by atoms with van der Waals surface area (Å²) in [4.78, 5) is 16.8. The molecule has 2 heterocycles. The fourth-order valence-corrected chi connectivity index (χ4v) is 2.60. The lowest BCUT2D eigenvalue weighted by molar-refractivity contribution is -0.122. The van der Waals surface area contributed by atoms with E-state index in [4.69, 9.17) is 4.42 Å². The molecule has 1 atom stereocenters. The van der Waals surface area contributed by atoms with E-state index in [2.05, 4.69) is 15.4 Å². The zero-order valence-electron chi connectivity index (χ0n) is 14.0. The number of amides is 1. The third-order valence-corrected chi connectivity index (χ3v) is 3.69. The van der Waals surface area contributed by atoms with Crippen LogP contribution in [-0.4, -0.2) is 20.7 Å². The highest BCUT2D eigenvalue weighted by atomic mass is 16.3. The zero-order valence-corrected chi connectivity index (χ0v) is 14.0. The second-order valence-electron chi connectivity index (χ2n) is 5.81. The van der Waals surface area contributed by atoms with Gasteiger partial charge in [-0.1, -0.05) is 23.8 Å². The standard InChI is InChI=1S/C18H20N4O2/c1-12-6-4-7-15(10-12)18-20-14(3)21-22(18)11-17(23)19-13(2)16-8-5-9-24-16/h4-10,13H,11H2,1-3H3,(H,19,23). The summed E-state index contributed by atoms with van der Waals surface area (Å²) in [6, 6.07) is 11.4. The molecular formula is C18H20N4O2. The highest BCUT2D eigenvalue weighted by Crippen LogP contribution is 2.19. The third kappa shape index (κ3) is 3.53. The fourth-order valence-electron chi connectivity index (χ4n) is 2.60. The second-order valence-corrected chi connectivity index (χ2v) is 5.81. The maximum absolute atomic E-state index is 12.3. The van der Waals surface area contributed by atoms with Crippen LogP contribution in [-0.2, 0) is 11.3 Å². The molecule has 1 amide bonds. The van der Waals surface area contributed by atoms with E-state index < -0.39 is 0 Å². The van der Waals surface area contributed by atoms with Crippen molar-refractivity contribution in [3.63, 3.8) is 0 Å². The van der Waals surface area contributed by atoms with Crippen LogP contribution in [0.1, 0.15) is 30.1 Å². The lowest BCUT2D eigenvalue weighted by Crippen LogP contribution is -2.30. The van der Waals surface area contributed by atoms with Crippen LogP contribution >= 0.6 is 0 Å². The topological polar surface area (TPSA) is 73.0 Å². The van der Waals surface area contributed by atoms with Gasteiger partial charge in [0.15, 0.2) is 5.82 Å². The van der Waals surface area contributed by atoms with Crippen LogP contribution in [0.4, 0.5) is 0 Å². The van der Waals surface area contributed by atoms with Gasteiger partial charge in [-0.25, -0.2) is 9.67 Å². The van der Waals surface area contributed by atoms with Crippen molar-refractivity contribution in [2.24, 2.45) is 0 Å². The average molecular weight is 324 g/mol. The van der Waals surface area contributed by atoms with Gasteiger partial charge < -0.3 is 9.73 Å². The highest BCUT2D eigenvalue weighted by Gasteiger charge is 2.16. The van der Waals surface area contributed by atoms with E-state index in [1.807, 2.05) is 51.1 Å². The van der Waals surface area contributed by atoms with Crippen LogP contribution < -0.4 is 5.32 Å². The number of carbonyl (C=O) groups excluding carboxylic acids is 1. The van der Waals surface area contributed by atoms with E-state index in [0.717, 1.165) is 16.9 Å². The molecule has 0 fully saturated rings. The van der Waals surface area contributed by atoms with Crippen molar-refractivity contribution in [2.45, 2.75) is 33.4 Å². The number of nitrogens with one attached hydrogen (secondary N) is 1. The van der Waals surface area contributed by atoms with Crippen LogP contribution in [0, 0.1) is 13.8 Å². The van der Waals surface area contributed by atoms with Crippen molar-refractivity contribution < 1.29 is 9.21 Å². The fraction of sp³-hybridized carbons (Fsp3) is 0.278. The van der Waals surface area contributed by atoms with Crippen LogP contribution in [0.3, 0.4) is 0 Å². The number of rotatable bonds is 5. The minimum Gasteiger partial charge on any atom is -0.467 e. The molecule has 0 saturated heterocycles. The smallest absolute Gasteiger partial charge is 0.242 e. The van der Waals surface area contributed by atoms with Gasteiger partial charge in [-0.2, -0.15) is 5.10 Å². The van der Waals surface area contributed by atoms with E-state index in [-0.39, 0.29) is 18.5 Å². The number of hydrogen-bond acceptors (Lipinski definition) is 4. The summed E-state index contributed by atoms with van der Waals surface area (Å²) in [6.07, 6.45) is 1.59. The number of aromatic nitrogens is 3. The Morgan fingerprint density at radius 2 is 2.12 bits per heavy atom. The Kier molecular flexibility index (Phi) is 4.46. The van der Waals surface area contributed by atoms with E-state index >= 15 is 0 Å². The van der Waals surface area contributed by atoms with Crippen molar-refractivity contribution >= 4 is 5.91 Å². The molecule has 0 bridgehead atoms. The number of aryl methyl sites for hydroxylation is 2. The molecule has 24 heavy (non-hydrogen) atoms. The maximum atomic E-state index is 12.3. The molecule has 1 aromatic carbocycles. The Bertz CT molecular complexity index is 837. The summed E-state index contributed by atoms with van der Waals surface area (Å²) in [5.74, 6) is 1.91. The van der Waals surface area contributed by atoms with Gasteiger partial charge in [0.05, 0.1) is 12.3 Å². The van der Waals surface area contributed by atoms with Crippen LogP contribution in [0.5, 0.6) is 0 Å². The predicted molar refractivity (Wildman–Crippen MR) is 90.2 cm³/mol. The number of benzene rings is 1. The Morgan fingerprint density at radius 3 is 2.83 bits per heavy atom. The summed E-state index contributed by atoms with van der Waals surface area (Å²) < 4.78 is 6.94. The molecule has 3 rings (SSSR count). The van der Waals surface area contributed by atoms with E-state index in [9.17, 15) is 4.79 Å². The number of nitrogens with zero attached hydrogens (tertiary/aromatic N) is 3. The molecule has 1 unspecified atom stereocenters. The zero-order chi connectivity index (χ0) is 17.1. The Labute approximate surface area is 140 Å². The summed E-state index contributed by atoms with van der Waals surface area (Å²) in [5.41, 5.74) is 2.08. The summed E-state index contributed by atoms with van der Waals surface area (Å²) >= 11 is 0. The summed E-state index contributed by atoms with van der Waals surface area (Å²) in [7, 11) is 0. The van der Waals surface area contributed by atoms with Gasteiger partial charge in [0.25, 0.3) is 0 Å². The second kappa shape index (κ2) is 6.70. The van der Waals surface area contributed by atoms with Gasteiger partial charge in [-0.3, -0.25) is 4.79 Å². The molecule has 0 saturated carbocycles. The van der Waals surface area contributed by atoms with Crippen LogP contribution in [0.25, 0.3) is 11.4 Å². The van der Waals surface area contributed by atoms with E-state index in [1.165, 1.54) is 0 Å². The van der Waals surface area contributed by atoms with Gasteiger partial charge in [-0.05, 0) is 39.0 Å². The Balaban J connectivity index is 1.77. The Morgan fingerprint density at radius 1 is 1.29 bits per heavy atom. The van der Waals surface area contributed by atoms with Crippen molar-refractivity contribution in [1.82, 2.24) is 20.1 Å². The number of carbonyl (C=O) groups is 1. The van der Waals surface area contributed by atoms with Gasteiger partial charge in [0, 0.05) is 5.56 Å². The third-order valence-electron chi connectivity index (χ3n) is 3.69. The SMILES string of the molecule is Cc1cccc(-c2nc(C)nn2CC(=O)NC(C)c2ccco2)c1. The van der Waals surface area contributed by atoms with Crippen molar-refractivity contribution in [2.75, 3.05) is 0 Å². The van der Waals surface area contributed by atoms with E-state index in [1.54, 1.807) is 17.0 Å². The molecule has 0 aliphatic carbocycles. The first kappa shape index (κ1) is 16.0. The lowest BCUT2D eigenvalue weighted by atomic mass is 10.1.